The average Bonchev–Trinajstić information content (AvgIpc) is 2.37. The highest BCUT2D eigenvalue weighted by molar-refractivity contribution is 7.98. The molecule has 1 N–H and O–H groups in total. The molecule has 1 aliphatic rings. The lowest BCUT2D eigenvalue weighted by atomic mass is 10.0. The number of thioether (sulfide) groups is 1. The molecule has 1 rings (SSSR count). The Morgan fingerprint density at radius 2 is 2.27 bits per heavy atom. The third-order valence-electron chi connectivity index (χ3n) is 2.47. The van der Waals surface area contributed by atoms with Gasteiger partial charge in [0.1, 0.15) is 0 Å². The summed E-state index contributed by atoms with van der Waals surface area (Å²) in [5, 5.41) is 9.25. The zero-order chi connectivity index (χ0) is 8.10. The molecular weight excluding hydrogens is 156 g/mol. The molecule has 2 atom stereocenters. The molecule has 1 nitrogen and oxygen atoms in total. The molecule has 0 aliphatic heterocycles. The normalized spacial score (nSPS) is 31.1. The second-order valence-corrected chi connectivity index (χ2v) is 4.45. The monoisotopic (exact) mass is 174 g/mol. The van der Waals surface area contributed by atoms with Gasteiger partial charge < -0.3 is 5.11 Å². The Labute approximate surface area is 73.6 Å². The van der Waals surface area contributed by atoms with E-state index in [-0.39, 0.29) is 6.10 Å². The Balaban J connectivity index is 1.99. The zero-order valence-corrected chi connectivity index (χ0v) is 8.07. The van der Waals surface area contributed by atoms with E-state index in [1.54, 1.807) is 0 Å². The lowest BCUT2D eigenvalue weighted by Crippen LogP contribution is -2.00. The molecule has 11 heavy (non-hydrogen) atoms. The molecule has 0 aromatic carbocycles. The summed E-state index contributed by atoms with van der Waals surface area (Å²) in [6.45, 7) is 0. The van der Waals surface area contributed by atoms with E-state index >= 15 is 0 Å². The summed E-state index contributed by atoms with van der Waals surface area (Å²) in [5.41, 5.74) is 0. The van der Waals surface area contributed by atoms with Gasteiger partial charge in [-0.15, -0.1) is 0 Å². The molecular formula is C9H18OS. The van der Waals surface area contributed by atoms with Crippen molar-refractivity contribution in [1.82, 2.24) is 0 Å². The maximum absolute atomic E-state index is 9.25. The zero-order valence-electron chi connectivity index (χ0n) is 7.25. The quantitative estimate of drug-likeness (QED) is 0.660. The second kappa shape index (κ2) is 5.04. The van der Waals surface area contributed by atoms with Crippen LogP contribution in [0.25, 0.3) is 0 Å². The van der Waals surface area contributed by atoms with Crippen LogP contribution in [-0.2, 0) is 0 Å². The predicted octanol–water partition coefficient (Wildman–Crippen LogP) is 2.29. The molecule has 2 heteroatoms. The van der Waals surface area contributed by atoms with Crippen molar-refractivity contribution < 1.29 is 5.11 Å². The number of aliphatic hydroxyl groups excluding tert-OH is 1. The molecule has 2 unspecified atom stereocenters. The van der Waals surface area contributed by atoms with Crippen molar-refractivity contribution in [3.8, 4) is 0 Å². The summed E-state index contributed by atoms with van der Waals surface area (Å²) in [6.07, 6.45) is 8.21. The minimum absolute atomic E-state index is 0.0225. The number of hydrogen-bond donors (Lipinski definition) is 1. The van der Waals surface area contributed by atoms with E-state index in [4.69, 9.17) is 0 Å². The van der Waals surface area contributed by atoms with Crippen LogP contribution in [0.3, 0.4) is 0 Å². The first-order valence-corrected chi connectivity index (χ1v) is 5.89. The van der Waals surface area contributed by atoms with E-state index in [2.05, 4.69) is 6.26 Å². The van der Waals surface area contributed by atoms with Crippen LogP contribution in [0, 0.1) is 5.92 Å². The Morgan fingerprint density at radius 1 is 1.45 bits per heavy atom. The number of aliphatic hydroxyl groups is 1. The predicted molar refractivity (Wildman–Crippen MR) is 51.0 cm³/mol. The maximum atomic E-state index is 9.25. The molecule has 0 aromatic heterocycles. The lowest BCUT2D eigenvalue weighted by Gasteiger charge is -2.06. The molecule has 66 valence electrons. The molecule has 1 aliphatic carbocycles. The van der Waals surface area contributed by atoms with Crippen molar-refractivity contribution in [1.29, 1.82) is 0 Å². The Kier molecular flexibility index (Phi) is 4.31. The summed E-state index contributed by atoms with van der Waals surface area (Å²) in [4.78, 5) is 0. The van der Waals surface area contributed by atoms with Crippen molar-refractivity contribution >= 4 is 11.8 Å². The number of hydrogen-bond acceptors (Lipinski definition) is 2. The van der Waals surface area contributed by atoms with Crippen LogP contribution in [0.15, 0.2) is 0 Å². The van der Waals surface area contributed by atoms with Crippen LogP contribution in [0.1, 0.15) is 32.1 Å². The summed E-state index contributed by atoms with van der Waals surface area (Å²) < 4.78 is 0. The summed E-state index contributed by atoms with van der Waals surface area (Å²) in [5.74, 6) is 2.12. The van der Waals surface area contributed by atoms with E-state index in [9.17, 15) is 5.11 Å². The fourth-order valence-corrected chi connectivity index (χ4v) is 2.28. The van der Waals surface area contributed by atoms with Crippen LogP contribution >= 0.6 is 11.8 Å². The van der Waals surface area contributed by atoms with Crippen molar-refractivity contribution in [3.05, 3.63) is 0 Å². The van der Waals surface area contributed by atoms with Crippen molar-refractivity contribution in [2.24, 2.45) is 5.92 Å². The number of rotatable bonds is 4. The van der Waals surface area contributed by atoms with Crippen LogP contribution in [0.5, 0.6) is 0 Å². The first kappa shape index (κ1) is 9.40. The van der Waals surface area contributed by atoms with Gasteiger partial charge in [-0.05, 0) is 50.0 Å². The highest BCUT2D eigenvalue weighted by atomic mass is 32.2. The van der Waals surface area contributed by atoms with E-state index in [0.29, 0.717) is 0 Å². The fraction of sp³-hybridized carbons (Fsp3) is 1.00. The lowest BCUT2D eigenvalue weighted by molar-refractivity contribution is 0.177. The Hall–Kier alpha value is 0.310. The SMILES string of the molecule is CSCCCC1CCC(O)C1. The van der Waals surface area contributed by atoms with Gasteiger partial charge >= 0.3 is 0 Å². The van der Waals surface area contributed by atoms with Gasteiger partial charge in [-0.1, -0.05) is 0 Å². The Morgan fingerprint density at radius 3 is 2.82 bits per heavy atom. The van der Waals surface area contributed by atoms with Gasteiger partial charge in [0, 0.05) is 0 Å². The standard InChI is InChI=1S/C9H18OS/c1-11-6-2-3-8-4-5-9(10)7-8/h8-10H,2-7H2,1H3. The van der Waals surface area contributed by atoms with Crippen LogP contribution < -0.4 is 0 Å². The van der Waals surface area contributed by atoms with Crippen molar-refractivity contribution in [2.45, 2.75) is 38.2 Å². The van der Waals surface area contributed by atoms with Gasteiger partial charge in [0.05, 0.1) is 6.10 Å². The largest absolute Gasteiger partial charge is 0.393 e. The topological polar surface area (TPSA) is 20.2 Å². The second-order valence-electron chi connectivity index (χ2n) is 3.47. The third-order valence-corrected chi connectivity index (χ3v) is 3.17. The van der Waals surface area contributed by atoms with Gasteiger partial charge in [0.2, 0.25) is 0 Å². The first-order chi connectivity index (χ1) is 5.33. The highest BCUT2D eigenvalue weighted by Gasteiger charge is 2.21. The minimum Gasteiger partial charge on any atom is -0.393 e. The molecule has 0 radical (unpaired) electrons. The van der Waals surface area contributed by atoms with Gasteiger partial charge in [0.15, 0.2) is 0 Å². The van der Waals surface area contributed by atoms with Crippen LogP contribution in [-0.4, -0.2) is 23.2 Å². The summed E-state index contributed by atoms with van der Waals surface area (Å²) in [7, 11) is 0. The highest BCUT2D eigenvalue weighted by Crippen LogP contribution is 2.29. The van der Waals surface area contributed by atoms with E-state index < -0.39 is 0 Å². The van der Waals surface area contributed by atoms with Gasteiger partial charge in [-0.3, -0.25) is 0 Å². The smallest absolute Gasteiger partial charge is 0.0543 e. The molecule has 0 heterocycles. The molecule has 0 bridgehead atoms. The van der Waals surface area contributed by atoms with Crippen molar-refractivity contribution in [3.63, 3.8) is 0 Å². The molecule has 1 saturated carbocycles. The first-order valence-electron chi connectivity index (χ1n) is 4.50. The minimum atomic E-state index is 0.0225. The van der Waals surface area contributed by atoms with Gasteiger partial charge in [0.25, 0.3) is 0 Å². The third kappa shape index (κ3) is 3.48. The maximum Gasteiger partial charge on any atom is 0.0543 e. The average molecular weight is 174 g/mol. The van der Waals surface area contributed by atoms with Crippen molar-refractivity contribution in [2.75, 3.05) is 12.0 Å². The van der Waals surface area contributed by atoms with Crippen LogP contribution in [0.4, 0.5) is 0 Å². The van der Waals surface area contributed by atoms with E-state index in [1.807, 2.05) is 11.8 Å². The summed E-state index contributed by atoms with van der Waals surface area (Å²) in [6, 6.07) is 0. The molecule has 0 aromatic rings. The van der Waals surface area contributed by atoms with Crippen LogP contribution in [0.2, 0.25) is 0 Å². The molecule has 0 spiro atoms. The molecule has 0 saturated heterocycles. The Bertz CT molecular complexity index is 106. The molecule has 0 amide bonds. The van der Waals surface area contributed by atoms with E-state index in [0.717, 1.165) is 18.8 Å². The van der Waals surface area contributed by atoms with Gasteiger partial charge in [-0.2, -0.15) is 11.8 Å². The fourth-order valence-electron chi connectivity index (χ4n) is 1.83. The summed E-state index contributed by atoms with van der Waals surface area (Å²) >= 11 is 1.92. The van der Waals surface area contributed by atoms with Gasteiger partial charge in [-0.25, -0.2) is 0 Å². The molecule has 1 fully saturated rings. The van der Waals surface area contributed by atoms with E-state index in [1.165, 1.54) is 25.0 Å².